The zero-order valence-electron chi connectivity index (χ0n) is 5.16. The highest BCUT2D eigenvalue weighted by Gasteiger charge is 2.20. The Labute approximate surface area is 56.8 Å². The third kappa shape index (κ3) is 0.464. The molecule has 0 radical (unpaired) electrons. The fourth-order valence-electron chi connectivity index (χ4n) is 0.998. The predicted octanol–water partition coefficient (Wildman–Crippen LogP) is -0.463. The standard InChI is InChI=1S/C5H6N4O/c6-3-1-7-4-2-8-5(10)9(3)4/h1H,2,6H2,(H,8,10). The number of aromatic nitrogens is 2. The molecule has 0 fully saturated rings. The third-order valence-electron chi connectivity index (χ3n) is 1.46. The van der Waals surface area contributed by atoms with Crippen molar-refractivity contribution in [1.82, 2.24) is 14.9 Å². The monoisotopic (exact) mass is 138 g/mol. The number of nitrogens with zero attached hydrogens (tertiary/aromatic N) is 2. The number of amides is 1. The van der Waals surface area contributed by atoms with E-state index in [0.717, 1.165) is 0 Å². The van der Waals surface area contributed by atoms with Gasteiger partial charge in [-0.15, -0.1) is 0 Å². The van der Waals surface area contributed by atoms with Gasteiger partial charge >= 0.3 is 6.03 Å². The molecule has 0 saturated carbocycles. The molecule has 2 heterocycles. The number of imidazole rings is 1. The number of nitrogens with two attached hydrogens (primary N) is 1. The first kappa shape index (κ1) is 5.28. The second-order valence-electron chi connectivity index (χ2n) is 2.09. The van der Waals surface area contributed by atoms with Crippen molar-refractivity contribution in [2.75, 3.05) is 5.73 Å². The van der Waals surface area contributed by atoms with Crippen LogP contribution in [0.1, 0.15) is 5.82 Å². The molecule has 0 aromatic carbocycles. The molecule has 2 rings (SSSR count). The van der Waals surface area contributed by atoms with E-state index >= 15 is 0 Å². The molecule has 1 aromatic heterocycles. The Bertz CT molecular complexity index is 290. The maximum atomic E-state index is 10.9. The van der Waals surface area contributed by atoms with E-state index in [1.54, 1.807) is 0 Å². The van der Waals surface area contributed by atoms with Crippen molar-refractivity contribution >= 4 is 11.8 Å². The van der Waals surface area contributed by atoms with Gasteiger partial charge in [-0.25, -0.2) is 14.3 Å². The normalized spacial score (nSPS) is 15.0. The first-order valence-corrected chi connectivity index (χ1v) is 2.89. The van der Waals surface area contributed by atoms with Crippen molar-refractivity contribution in [3.8, 4) is 0 Å². The topological polar surface area (TPSA) is 72.9 Å². The highest BCUT2D eigenvalue weighted by atomic mass is 16.2. The van der Waals surface area contributed by atoms with Gasteiger partial charge in [-0.1, -0.05) is 0 Å². The van der Waals surface area contributed by atoms with Gasteiger partial charge in [0.1, 0.15) is 11.6 Å². The minimum atomic E-state index is -0.190. The Morgan fingerprint density at radius 3 is 3.30 bits per heavy atom. The summed E-state index contributed by atoms with van der Waals surface area (Å²) >= 11 is 0. The Kier molecular flexibility index (Phi) is 0.791. The summed E-state index contributed by atoms with van der Waals surface area (Å²) in [4.78, 5) is 14.8. The van der Waals surface area contributed by atoms with Crippen molar-refractivity contribution in [2.24, 2.45) is 0 Å². The number of carbonyl (C=O) groups is 1. The summed E-state index contributed by atoms with van der Waals surface area (Å²) in [5.41, 5.74) is 5.42. The molecule has 1 aliphatic heterocycles. The van der Waals surface area contributed by atoms with Crippen LogP contribution in [0, 0.1) is 0 Å². The minimum absolute atomic E-state index is 0.190. The van der Waals surface area contributed by atoms with Crippen molar-refractivity contribution in [3.63, 3.8) is 0 Å². The van der Waals surface area contributed by atoms with Crippen molar-refractivity contribution in [3.05, 3.63) is 12.0 Å². The number of nitrogen functional groups attached to an aromatic ring is 1. The van der Waals surface area contributed by atoms with Crippen LogP contribution in [0.2, 0.25) is 0 Å². The zero-order valence-corrected chi connectivity index (χ0v) is 5.16. The quantitative estimate of drug-likeness (QED) is 0.509. The van der Waals surface area contributed by atoms with Gasteiger partial charge in [0, 0.05) is 0 Å². The zero-order chi connectivity index (χ0) is 7.14. The summed E-state index contributed by atoms with van der Waals surface area (Å²) in [6, 6.07) is -0.190. The van der Waals surface area contributed by atoms with Crippen LogP contribution in [0.25, 0.3) is 0 Å². The van der Waals surface area contributed by atoms with E-state index in [4.69, 9.17) is 5.73 Å². The molecule has 3 N–H and O–H groups in total. The lowest BCUT2D eigenvalue weighted by atomic mass is 10.6. The lowest BCUT2D eigenvalue weighted by molar-refractivity contribution is 0.247. The number of fused-ring (bicyclic) bond motifs is 1. The number of hydrogen-bond acceptors (Lipinski definition) is 3. The molecule has 5 heteroatoms. The van der Waals surface area contributed by atoms with Crippen LogP contribution >= 0.6 is 0 Å². The lowest BCUT2D eigenvalue weighted by Crippen LogP contribution is -2.18. The smallest absolute Gasteiger partial charge is 0.329 e. The van der Waals surface area contributed by atoms with Crippen LogP contribution in [0.5, 0.6) is 0 Å². The maximum Gasteiger partial charge on any atom is 0.329 e. The number of rotatable bonds is 0. The average molecular weight is 138 g/mol. The van der Waals surface area contributed by atoms with E-state index < -0.39 is 0 Å². The summed E-state index contributed by atoms with van der Waals surface area (Å²) in [5.74, 6) is 1.08. The number of hydrogen-bond donors (Lipinski definition) is 2. The summed E-state index contributed by atoms with van der Waals surface area (Å²) < 4.78 is 1.36. The molecular formula is C5H6N4O. The van der Waals surface area contributed by atoms with Gasteiger partial charge in [-0.3, -0.25) is 0 Å². The molecule has 0 saturated heterocycles. The highest BCUT2D eigenvalue weighted by Crippen LogP contribution is 2.10. The van der Waals surface area contributed by atoms with Crippen LogP contribution in [0.15, 0.2) is 6.20 Å². The molecule has 0 atom stereocenters. The molecule has 0 unspecified atom stereocenters. The molecule has 1 aliphatic rings. The Balaban J connectivity index is 2.65. The molecule has 1 amide bonds. The highest BCUT2D eigenvalue weighted by molar-refractivity contribution is 5.82. The molecule has 0 spiro atoms. The number of anilines is 1. The van der Waals surface area contributed by atoms with Crippen LogP contribution in [-0.2, 0) is 6.54 Å². The third-order valence-corrected chi connectivity index (χ3v) is 1.46. The van der Waals surface area contributed by atoms with E-state index in [9.17, 15) is 4.79 Å². The largest absolute Gasteiger partial charge is 0.383 e. The number of carbonyl (C=O) groups excluding carboxylic acids is 1. The van der Waals surface area contributed by atoms with Crippen molar-refractivity contribution in [1.29, 1.82) is 0 Å². The Morgan fingerprint density at radius 2 is 2.60 bits per heavy atom. The molecule has 10 heavy (non-hydrogen) atoms. The van der Waals surface area contributed by atoms with Gasteiger partial charge < -0.3 is 11.1 Å². The molecule has 0 bridgehead atoms. The second-order valence-corrected chi connectivity index (χ2v) is 2.09. The average Bonchev–Trinajstić information content (AvgIpc) is 2.40. The number of nitrogens with one attached hydrogen (secondary N) is 1. The van der Waals surface area contributed by atoms with Crippen LogP contribution in [-0.4, -0.2) is 15.6 Å². The van der Waals surface area contributed by atoms with Crippen molar-refractivity contribution in [2.45, 2.75) is 6.54 Å². The molecule has 1 aromatic rings. The van der Waals surface area contributed by atoms with Gasteiger partial charge in [0.2, 0.25) is 0 Å². The molecular weight excluding hydrogens is 132 g/mol. The maximum absolute atomic E-state index is 10.9. The Hall–Kier alpha value is -1.52. The van der Waals surface area contributed by atoms with Gasteiger partial charge in [-0.2, -0.15) is 0 Å². The fraction of sp³-hybridized carbons (Fsp3) is 0.200. The molecule has 0 aliphatic carbocycles. The van der Waals surface area contributed by atoms with Crippen molar-refractivity contribution < 1.29 is 4.79 Å². The minimum Gasteiger partial charge on any atom is -0.383 e. The van der Waals surface area contributed by atoms with E-state index in [1.807, 2.05) is 0 Å². The van der Waals surface area contributed by atoms with E-state index in [2.05, 4.69) is 10.3 Å². The van der Waals surface area contributed by atoms with E-state index in [-0.39, 0.29) is 6.03 Å². The molecule has 5 nitrogen and oxygen atoms in total. The molecule has 52 valence electrons. The van der Waals surface area contributed by atoms with Gasteiger partial charge in [0.05, 0.1) is 12.7 Å². The lowest BCUT2D eigenvalue weighted by Gasteiger charge is -1.93. The summed E-state index contributed by atoms with van der Waals surface area (Å²) in [6.45, 7) is 0.482. The van der Waals surface area contributed by atoms with Gasteiger partial charge in [0.25, 0.3) is 0 Å². The van der Waals surface area contributed by atoms with Gasteiger partial charge in [0.15, 0.2) is 0 Å². The first-order valence-electron chi connectivity index (χ1n) is 2.89. The SMILES string of the molecule is Nc1cnc2n1C(=O)NC2. The van der Waals surface area contributed by atoms with E-state index in [0.29, 0.717) is 18.2 Å². The fourth-order valence-corrected chi connectivity index (χ4v) is 0.998. The summed E-state index contributed by atoms with van der Waals surface area (Å²) in [7, 11) is 0. The second kappa shape index (κ2) is 1.50. The van der Waals surface area contributed by atoms with Crippen LogP contribution < -0.4 is 11.1 Å². The summed E-state index contributed by atoms with van der Waals surface area (Å²) in [5, 5.41) is 2.59. The first-order chi connectivity index (χ1) is 4.79. The van der Waals surface area contributed by atoms with Crippen LogP contribution in [0.4, 0.5) is 10.6 Å². The predicted molar refractivity (Wildman–Crippen MR) is 34.3 cm³/mol. The van der Waals surface area contributed by atoms with Gasteiger partial charge in [-0.05, 0) is 0 Å². The summed E-state index contributed by atoms with van der Waals surface area (Å²) in [6.07, 6.45) is 1.48. The van der Waals surface area contributed by atoms with Crippen LogP contribution in [0.3, 0.4) is 0 Å². The van der Waals surface area contributed by atoms with E-state index in [1.165, 1.54) is 10.8 Å². The Morgan fingerprint density at radius 1 is 1.80 bits per heavy atom.